The van der Waals surface area contributed by atoms with E-state index in [1.165, 1.54) is 0 Å². The van der Waals surface area contributed by atoms with E-state index in [4.69, 9.17) is 16.7 Å². The molecule has 104 valence electrons. The number of carbonyl (C=O) groups excluding carboxylic acids is 1. The highest BCUT2D eigenvalue weighted by molar-refractivity contribution is 6.31. The van der Waals surface area contributed by atoms with Gasteiger partial charge >= 0.3 is 0 Å². The quantitative estimate of drug-likeness (QED) is 0.844. The molecule has 0 aromatic heterocycles. The number of piperidine rings is 1. The molecule has 1 fully saturated rings. The minimum Gasteiger partial charge on any atom is -0.396 e. The van der Waals surface area contributed by atoms with Crippen molar-refractivity contribution in [3.8, 4) is 0 Å². The summed E-state index contributed by atoms with van der Waals surface area (Å²) >= 11 is 5.90. The third kappa shape index (κ3) is 4.30. The molecule has 1 aliphatic heterocycles. The van der Waals surface area contributed by atoms with Crippen LogP contribution >= 0.6 is 11.6 Å². The molecule has 0 saturated carbocycles. The molecule has 1 N–H and O–H groups in total. The SMILES string of the molecule is O=C(CN1CCCC(CCO)C1)c1cccc(Cl)c1. The molecule has 0 aliphatic carbocycles. The van der Waals surface area contributed by atoms with Crippen molar-refractivity contribution in [1.29, 1.82) is 0 Å². The van der Waals surface area contributed by atoms with E-state index >= 15 is 0 Å². The molecular weight excluding hydrogens is 262 g/mol. The molecule has 4 heteroatoms. The molecule has 3 nitrogen and oxygen atoms in total. The van der Waals surface area contributed by atoms with Crippen molar-refractivity contribution < 1.29 is 9.90 Å². The molecule has 1 atom stereocenters. The van der Waals surface area contributed by atoms with Gasteiger partial charge in [-0.3, -0.25) is 9.69 Å². The van der Waals surface area contributed by atoms with Gasteiger partial charge in [0.2, 0.25) is 0 Å². The maximum Gasteiger partial charge on any atom is 0.176 e. The lowest BCUT2D eigenvalue weighted by Gasteiger charge is -2.31. The number of hydrogen-bond acceptors (Lipinski definition) is 3. The van der Waals surface area contributed by atoms with Gasteiger partial charge in [-0.05, 0) is 43.9 Å². The van der Waals surface area contributed by atoms with E-state index in [1.807, 2.05) is 6.07 Å². The number of likely N-dealkylation sites (tertiary alicyclic amines) is 1. The number of hydrogen-bond donors (Lipinski definition) is 1. The van der Waals surface area contributed by atoms with Crippen LogP contribution in [0.3, 0.4) is 0 Å². The van der Waals surface area contributed by atoms with Gasteiger partial charge in [-0.2, -0.15) is 0 Å². The van der Waals surface area contributed by atoms with Gasteiger partial charge in [0.05, 0.1) is 6.54 Å². The van der Waals surface area contributed by atoms with E-state index in [2.05, 4.69) is 4.90 Å². The number of Topliss-reactive ketones (excluding diaryl/α,β-unsaturated/α-hetero) is 1. The largest absolute Gasteiger partial charge is 0.396 e. The second-order valence-electron chi connectivity index (χ2n) is 5.19. The molecule has 1 heterocycles. The minimum absolute atomic E-state index is 0.118. The molecule has 0 radical (unpaired) electrons. The number of carbonyl (C=O) groups is 1. The van der Waals surface area contributed by atoms with Crippen molar-refractivity contribution in [3.05, 3.63) is 34.9 Å². The molecular formula is C15H20ClNO2. The zero-order chi connectivity index (χ0) is 13.7. The summed E-state index contributed by atoms with van der Waals surface area (Å²) in [5.74, 6) is 0.637. The summed E-state index contributed by atoms with van der Waals surface area (Å²) in [5.41, 5.74) is 0.678. The molecule has 0 amide bonds. The monoisotopic (exact) mass is 281 g/mol. The predicted octanol–water partition coefficient (Wildman–Crippen LogP) is 2.62. The van der Waals surface area contributed by atoms with E-state index in [1.54, 1.807) is 18.2 Å². The summed E-state index contributed by atoms with van der Waals surface area (Å²) in [6, 6.07) is 7.11. The lowest BCUT2D eigenvalue weighted by molar-refractivity contribution is 0.0871. The van der Waals surface area contributed by atoms with Crippen molar-refractivity contribution in [2.45, 2.75) is 19.3 Å². The Hall–Kier alpha value is -0.900. The molecule has 19 heavy (non-hydrogen) atoms. The van der Waals surface area contributed by atoms with E-state index in [9.17, 15) is 4.79 Å². The van der Waals surface area contributed by atoms with E-state index < -0.39 is 0 Å². The molecule has 1 aromatic rings. The third-order valence-corrected chi connectivity index (χ3v) is 3.89. The second kappa shape index (κ2) is 7.04. The smallest absolute Gasteiger partial charge is 0.176 e. The summed E-state index contributed by atoms with van der Waals surface area (Å²) in [6.07, 6.45) is 3.10. The number of aliphatic hydroxyl groups is 1. The summed E-state index contributed by atoms with van der Waals surface area (Å²) in [4.78, 5) is 14.4. The van der Waals surface area contributed by atoms with Crippen LogP contribution in [0.2, 0.25) is 5.02 Å². The lowest BCUT2D eigenvalue weighted by Crippen LogP contribution is -2.39. The normalized spacial score (nSPS) is 20.4. The van der Waals surface area contributed by atoms with Crippen LogP contribution in [-0.4, -0.2) is 42.0 Å². The fourth-order valence-electron chi connectivity index (χ4n) is 2.67. The number of benzene rings is 1. The van der Waals surface area contributed by atoms with Crippen molar-refractivity contribution in [2.75, 3.05) is 26.2 Å². The van der Waals surface area contributed by atoms with Gasteiger partial charge in [0.15, 0.2) is 5.78 Å². The number of nitrogens with zero attached hydrogens (tertiary/aromatic N) is 1. The first kappa shape index (κ1) is 14.5. The average Bonchev–Trinajstić information content (AvgIpc) is 2.39. The van der Waals surface area contributed by atoms with Crippen molar-refractivity contribution in [2.24, 2.45) is 5.92 Å². The molecule has 2 rings (SSSR count). The van der Waals surface area contributed by atoms with Gasteiger partial charge in [-0.25, -0.2) is 0 Å². The minimum atomic E-state index is 0.118. The topological polar surface area (TPSA) is 40.5 Å². The number of halogens is 1. The van der Waals surface area contributed by atoms with Crippen LogP contribution in [0.4, 0.5) is 0 Å². The van der Waals surface area contributed by atoms with Crippen molar-refractivity contribution >= 4 is 17.4 Å². The molecule has 1 saturated heterocycles. The number of aliphatic hydroxyl groups excluding tert-OH is 1. The molecule has 1 aliphatic rings. The van der Waals surface area contributed by atoms with Crippen molar-refractivity contribution in [1.82, 2.24) is 4.90 Å². The molecule has 1 aromatic carbocycles. The van der Waals surface area contributed by atoms with Gasteiger partial charge < -0.3 is 5.11 Å². The maximum atomic E-state index is 12.2. The first-order valence-corrected chi connectivity index (χ1v) is 7.19. The zero-order valence-electron chi connectivity index (χ0n) is 11.0. The Morgan fingerprint density at radius 2 is 2.32 bits per heavy atom. The van der Waals surface area contributed by atoms with Crippen LogP contribution in [0.5, 0.6) is 0 Å². The predicted molar refractivity (Wildman–Crippen MR) is 76.6 cm³/mol. The first-order chi connectivity index (χ1) is 9.19. The van der Waals surface area contributed by atoms with E-state index in [0.29, 0.717) is 23.0 Å². The Labute approximate surface area is 119 Å². The maximum absolute atomic E-state index is 12.2. The highest BCUT2D eigenvalue weighted by atomic mass is 35.5. The van der Waals surface area contributed by atoms with Crippen LogP contribution in [0, 0.1) is 5.92 Å². The Morgan fingerprint density at radius 3 is 3.05 bits per heavy atom. The van der Waals surface area contributed by atoms with E-state index in [0.717, 1.165) is 32.4 Å². The first-order valence-electron chi connectivity index (χ1n) is 6.81. The fraction of sp³-hybridized carbons (Fsp3) is 0.533. The number of rotatable bonds is 5. The summed E-state index contributed by atoms with van der Waals surface area (Å²) < 4.78 is 0. The average molecular weight is 282 g/mol. The Kier molecular flexibility index (Phi) is 5.37. The van der Waals surface area contributed by atoms with Gasteiger partial charge in [-0.15, -0.1) is 0 Å². The highest BCUT2D eigenvalue weighted by Crippen LogP contribution is 2.20. The Bertz CT molecular complexity index is 434. The lowest BCUT2D eigenvalue weighted by atomic mass is 9.95. The summed E-state index contributed by atoms with van der Waals surface area (Å²) in [5, 5.41) is 9.59. The van der Waals surface area contributed by atoms with Gasteiger partial charge in [0.25, 0.3) is 0 Å². The van der Waals surface area contributed by atoms with Crippen molar-refractivity contribution in [3.63, 3.8) is 0 Å². The van der Waals surface area contributed by atoms with Gasteiger partial charge in [0.1, 0.15) is 0 Å². The zero-order valence-corrected chi connectivity index (χ0v) is 11.8. The van der Waals surface area contributed by atoms with Crippen LogP contribution < -0.4 is 0 Å². The highest BCUT2D eigenvalue weighted by Gasteiger charge is 2.21. The van der Waals surface area contributed by atoms with Crippen LogP contribution in [0.25, 0.3) is 0 Å². The standard InChI is InChI=1S/C15H20ClNO2/c16-14-5-1-4-13(9-14)15(19)11-17-7-2-3-12(10-17)6-8-18/h1,4-5,9,12,18H,2-3,6-8,10-11H2. The Morgan fingerprint density at radius 1 is 1.47 bits per heavy atom. The Balaban J connectivity index is 1.91. The molecule has 0 spiro atoms. The number of ketones is 1. The molecule has 1 unspecified atom stereocenters. The van der Waals surface area contributed by atoms with Crippen LogP contribution in [0.15, 0.2) is 24.3 Å². The third-order valence-electron chi connectivity index (χ3n) is 3.65. The second-order valence-corrected chi connectivity index (χ2v) is 5.63. The summed E-state index contributed by atoms with van der Waals surface area (Å²) in [7, 11) is 0. The summed E-state index contributed by atoms with van der Waals surface area (Å²) in [6.45, 7) is 2.56. The fourth-order valence-corrected chi connectivity index (χ4v) is 2.86. The van der Waals surface area contributed by atoms with Gasteiger partial charge in [0, 0.05) is 23.7 Å². The van der Waals surface area contributed by atoms with Gasteiger partial charge in [-0.1, -0.05) is 23.7 Å². The van der Waals surface area contributed by atoms with Crippen LogP contribution in [0.1, 0.15) is 29.6 Å². The van der Waals surface area contributed by atoms with Crippen LogP contribution in [-0.2, 0) is 0 Å². The van der Waals surface area contributed by atoms with E-state index in [-0.39, 0.29) is 12.4 Å². The molecule has 0 bridgehead atoms.